The maximum atomic E-state index is 5.61. The molecule has 1 aliphatic rings. The number of likely N-dealkylation sites (tertiary alicyclic amines) is 1. The van der Waals surface area contributed by atoms with Gasteiger partial charge in [-0.1, -0.05) is 12.2 Å². The molecule has 0 amide bonds. The number of methoxy groups -OCH3 is 3. The van der Waals surface area contributed by atoms with E-state index in [1.54, 1.807) is 21.3 Å². The summed E-state index contributed by atoms with van der Waals surface area (Å²) in [5, 5.41) is 0. The topological polar surface area (TPSA) is 30.9 Å². The first kappa shape index (κ1) is 14.9. The lowest BCUT2D eigenvalue weighted by Crippen LogP contribution is -2.34. The predicted octanol–water partition coefficient (Wildman–Crippen LogP) is 2.87. The molecular formula is C15H21NO3S. The van der Waals surface area contributed by atoms with Crippen molar-refractivity contribution in [1.82, 2.24) is 4.90 Å². The molecule has 1 aromatic rings. The molecule has 0 atom stereocenters. The van der Waals surface area contributed by atoms with Crippen molar-refractivity contribution in [2.75, 3.05) is 34.4 Å². The molecule has 0 saturated carbocycles. The maximum Gasteiger partial charge on any atom is 0.203 e. The molecule has 1 heterocycles. The van der Waals surface area contributed by atoms with E-state index in [-0.39, 0.29) is 0 Å². The van der Waals surface area contributed by atoms with Crippen molar-refractivity contribution < 1.29 is 14.2 Å². The molecule has 1 saturated heterocycles. The summed E-state index contributed by atoms with van der Waals surface area (Å²) < 4.78 is 16.1. The van der Waals surface area contributed by atoms with Gasteiger partial charge in [0.2, 0.25) is 5.75 Å². The lowest BCUT2D eigenvalue weighted by Gasteiger charge is -2.29. The second kappa shape index (κ2) is 6.79. The smallest absolute Gasteiger partial charge is 0.203 e. The van der Waals surface area contributed by atoms with E-state index in [1.165, 1.54) is 19.3 Å². The average Bonchev–Trinajstić information content (AvgIpc) is 2.53. The third-order valence-corrected chi connectivity index (χ3v) is 4.05. The zero-order valence-corrected chi connectivity index (χ0v) is 13.1. The first-order valence-electron chi connectivity index (χ1n) is 6.80. The first-order chi connectivity index (χ1) is 9.71. The number of benzene rings is 1. The van der Waals surface area contributed by atoms with Crippen molar-refractivity contribution in [3.05, 3.63) is 17.7 Å². The molecule has 2 rings (SSSR count). The van der Waals surface area contributed by atoms with Gasteiger partial charge in [-0.25, -0.2) is 0 Å². The predicted molar refractivity (Wildman–Crippen MR) is 83.2 cm³/mol. The first-order valence-corrected chi connectivity index (χ1v) is 7.21. The number of ether oxygens (including phenoxy) is 3. The lowest BCUT2D eigenvalue weighted by molar-refractivity contribution is 0.323. The number of thiocarbonyl (C=S) groups is 1. The van der Waals surface area contributed by atoms with Gasteiger partial charge in [0.25, 0.3) is 0 Å². The second-order valence-electron chi connectivity index (χ2n) is 4.77. The monoisotopic (exact) mass is 295 g/mol. The average molecular weight is 295 g/mol. The summed E-state index contributed by atoms with van der Waals surface area (Å²) in [5.41, 5.74) is 0.941. The highest BCUT2D eigenvalue weighted by atomic mass is 32.1. The fraction of sp³-hybridized carbons (Fsp3) is 0.533. The van der Waals surface area contributed by atoms with Gasteiger partial charge in [0.1, 0.15) is 4.99 Å². The van der Waals surface area contributed by atoms with Crippen LogP contribution in [0.3, 0.4) is 0 Å². The Kier molecular flexibility index (Phi) is 5.06. The minimum Gasteiger partial charge on any atom is -0.493 e. The Balaban J connectivity index is 2.33. The van der Waals surface area contributed by atoms with Gasteiger partial charge in [0.15, 0.2) is 11.5 Å². The Morgan fingerprint density at radius 3 is 1.95 bits per heavy atom. The zero-order chi connectivity index (χ0) is 14.5. The van der Waals surface area contributed by atoms with Gasteiger partial charge in [-0.2, -0.15) is 0 Å². The summed E-state index contributed by atoms with van der Waals surface area (Å²) in [7, 11) is 4.83. The number of hydrogen-bond donors (Lipinski definition) is 0. The van der Waals surface area contributed by atoms with Crippen LogP contribution < -0.4 is 14.2 Å². The Bertz CT molecular complexity index is 459. The van der Waals surface area contributed by atoms with Gasteiger partial charge in [0.05, 0.1) is 21.3 Å². The van der Waals surface area contributed by atoms with E-state index in [9.17, 15) is 0 Å². The molecule has 20 heavy (non-hydrogen) atoms. The summed E-state index contributed by atoms with van der Waals surface area (Å²) in [5.74, 6) is 1.88. The molecule has 110 valence electrons. The molecule has 0 aliphatic carbocycles. The Hall–Kier alpha value is -1.49. The van der Waals surface area contributed by atoms with Gasteiger partial charge in [-0.15, -0.1) is 0 Å². The highest BCUT2D eigenvalue weighted by molar-refractivity contribution is 7.80. The van der Waals surface area contributed by atoms with Gasteiger partial charge in [-0.3, -0.25) is 0 Å². The maximum absolute atomic E-state index is 5.61. The van der Waals surface area contributed by atoms with Crippen LogP contribution in [0.4, 0.5) is 0 Å². The minimum atomic E-state index is 0.597. The van der Waals surface area contributed by atoms with Crippen LogP contribution in [0.5, 0.6) is 17.2 Å². The molecule has 0 unspecified atom stereocenters. The molecule has 1 aromatic carbocycles. The third-order valence-electron chi connectivity index (χ3n) is 3.55. The molecule has 5 heteroatoms. The fourth-order valence-corrected chi connectivity index (χ4v) is 2.78. The van der Waals surface area contributed by atoms with E-state index < -0.39 is 0 Å². The van der Waals surface area contributed by atoms with E-state index in [0.29, 0.717) is 17.2 Å². The number of nitrogens with zero attached hydrogens (tertiary/aromatic N) is 1. The highest BCUT2D eigenvalue weighted by Crippen LogP contribution is 2.38. The van der Waals surface area contributed by atoms with Crippen LogP contribution >= 0.6 is 12.2 Å². The quantitative estimate of drug-likeness (QED) is 0.797. The SMILES string of the molecule is COc1cc(C(=S)N2CCCCC2)cc(OC)c1OC. The van der Waals surface area contributed by atoms with Crippen molar-refractivity contribution in [3.8, 4) is 17.2 Å². The van der Waals surface area contributed by atoms with Crippen molar-refractivity contribution >= 4 is 17.2 Å². The second-order valence-corrected chi connectivity index (χ2v) is 5.15. The molecule has 1 aliphatic heterocycles. The molecule has 4 nitrogen and oxygen atoms in total. The Labute approximate surface area is 125 Å². The summed E-state index contributed by atoms with van der Waals surface area (Å²) in [6.45, 7) is 2.05. The normalized spacial score (nSPS) is 14.8. The van der Waals surface area contributed by atoms with Gasteiger partial charge >= 0.3 is 0 Å². The van der Waals surface area contributed by atoms with Crippen molar-refractivity contribution in [2.45, 2.75) is 19.3 Å². The molecule has 0 bridgehead atoms. The lowest BCUT2D eigenvalue weighted by atomic mass is 10.1. The van der Waals surface area contributed by atoms with Crippen LogP contribution in [0.2, 0.25) is 0 Å². The van der Waals surface area contributed by atoms with Gasteiger partial charge in [-0.05, 0) is 31.4 Å². The van der Waals surface area contributed by atoms with E-state index >= 15 is 0 Å². The Morgan fingerprint density at radius 1 is 0.950 bits per heavy atom. The van der Waals surface area contributed by atoms with E-state index in [4.69, 9.17) is 26.4 Å². The minimum absolute atomic E-state index is 0.597. The van der Waals surface area contributed by atoms with Gasteiger partial charge in [0, 0.05) is 18.7 Å². The summed E-state index contributed by atoms with van der Waals surface area (Å²) in [6.07, 6.45) is 3.68. The van der Waals surface area contributed by atoms with Crippen LogP contribution in [0.1, 0.15) is 24.8 Å². The van der Waals surface area contributed by atoms with Crippen molar-refractivity contribution in [3.63, 3.8) is 0 Å². The molecule has 1 fully saturated rings. The van der Waals surface area contributed by atoms with E-state index in [1.807, 2.05) is 12.1 Å². The fourth-order valence-electron chi connectivity index (χ4n) is 2.48. The van der Waals surface area contributed by atoms with Crippen molar-refractivity contribution in [1.29, 1.82) is 0 Å². The van der Waals surface area contributed by atoms with E-state index in [2.05, 4.69) is 4.90 Å². The largest absolute Gasteiger partial charge is 0.493 e. The molecule has 0 aromatic heterocycles. The molecule has 0 N–H and O–H groups in total. The van der Waals surface area contributed by atoms with Crippen molar-refractivity contribution in [2.24, 2.45) is 0 Å². The number of rotatable bonds is 4. The van der Waals surface area contributed by atoms with Crippen LogP contribution in [0, 0.1) is 0 Å². The van der Waals surface area contributed by atoms with Crippen LogP contribution in [0.25, 0.3) is 0 Å². The number of piperidine rings is 1. The van der Waals surface area contributed by atoms with Crippen LogP contribution in [-0.2, 0) is 0 Å². The van der Waals surface area contributed by atoms with E-state index in [0.717, 1.165) is 23.6 Å². The summed E-state index contributed by atoms with van der Waals surface area (Å²) in [4.78, 5) is 3.10. The zero-order valence-electron chi connectivity index (χ0n) is 12.3. The summed E-state index contributed by atoms with van der Waals surface area (Å²) >= 11 is 5.61. The van der Waals surface area contributed by atoms with Crippen LogP contribution in [-0.4, -0.2) is 44.3 Å². The molecular weight excluding hydrogens is 274 g/mol. The highest BCUT2D eigenvalue weighted by Gasteiger charge is 2.19. The van der Waals surface area contributed by atoms with Gasteiger partial charge < -0.3 is 19.1 Å². The Morgan fingerprint density at radius 2 is 1.50 bits per heavy atom. The third kappa shape index (κ3) is 2.98. The van der Waals surface area contributed by atoms with Crippen LogP contribution in [0.15, 0.2) is 12.1 Å². The molecule has 0 spiro atoms. The number of hydrogen-bond acceptors (Lipinski definition) is 4. The summed E-state index contributed by atoms with van der Waals surface area (Å²) in [6, 6.07) is 3.83. The molecule has 0 radical (unpaired) electrons. The standard InChI is InChI=1S/C15H21NO3S/c1-17-12-9-11(10-13(18-2)14(12)19-3)15(20)16-7-5-4-6-8-16/h9-10H,4-8H2,1-3H3.